The van der Waals surface area contributed by atoms with Crippen molar-refractivity contribution < 1.29 is 4.42 Å². The quantitative estimate of drug-likeness (QED) is 0.857. The molecule has 0 fully saturated rings. The van der Waals surface area contributed by atoms with Crippen molar-refractivity contribution in [3.63, 3.8) is 0 Å². The smallest absolute Gasteiger partial charge is 0.148 e. The van der Waals surface area contributed by atoms with E-state index in [-0.39, 0.29) is 6.04 Å². The van der Waals surface area contributed by atoms with E-state index in [9.17, 15) is 0 Å². The van der Waals surface area contributed by atoms with Crippen LogP contribution in [0.5, 0.6) is 0 Å². The number of benzene rings is 1. The van der Waals surface area contributed by atoms with Gasteiger partial charge in [-0.25, -0.2) is 0 Å². The maximum absolute atomic E-state index is 5.91. The van der Waals surface area contributed by atoms with Gasteiger partial charge in [-0.3, -0.25) is 0 Å². The highest BCUT2D eigenvalue weighted by atomic mass is 79.9. The minimum absolute atomic E-state index is 0.104. The van der Waals surface area contributed by atoms with Crippen molar-refractivity contribution in [1.29, 1.82) is 0 Å². The van der Waals surface area contributed by atoms with E-state index < -0.39 is 0 Å². The van der Waals surface area contributed by atoms with Crippen LogP contribution < -0.4 is 5.73 Å². The minimum atomic E-state index is -0.104. The average molecular weight is 275 g/mol. The van der Waals surface area contributed by atoms with Crippen LogP contribution in [0.4, 0.5) is 0 Å². The van der Waals surface area contributed by atoms with Gasteiger partial charge < -0.3 is 10.2 Å². The number of rotatable bonds is 1. The maximum Gasteiger partial charge on any atom is 0.148 e. The van der Waals surface area contributed by atoms with E-state index in [1.54, 1.807) is 6.07 Å². The van der Waals surface area contributed by atoms with Crippen LogP contribution >= 0.6 is 27.5 Å². The Bertz CT molecular complexity index is 478. The third-order valence-corrected chi connectivity index (χ3v) is 2.81. The fourth-order valence-electron chi connectivity index (χ4n) is 1.32. The number of fused-ring (bicyclic) bond motifs is 1. The highest BCUT2D eigenvalue weighted by Crippen LogP contribution is 2.32. The van der Waals surface area contributed by atoms with Crippen LogP contribution in [-0.2, 0) is 0 Å². The first-order valence-corrected chi connectivity index (χ1v) is 5.39. The molecule has 1 aromatic carbocycles. The summed E-state index contributed by atoms with van der Waals surface area (Å²) in [5.74, 6) is 0.767. The van der Waals surface area contributed by atoms with Crippen LogP contribution in [0.1, 0.15) is 18.7 Å². The van der Waals surface area contributed by atoms with E-state index >= 15 is 0 Å². The Morgan fingerprint density at radius 2 is 2.14 bits per heavy atom. The molecule has 1 heterocycles. The largest absolute Gasteiger partial charge is 0.458 e. The monoisotopic (exact) mass is 273 g/mol. The first-order chi connectivity index (χ1) is 6.58. The number of nitrogens with two attached hydrogens (primary N) is 1. The molecule has 0 amide bonds. The summed E-state index contributed by atoms with van der Waals surface area (Å²) >= 11 is 9.30. The third-order valence-electron chi connectivity index (χ3n) is 2.00. The van der Waals surface area contributed by atoms with Gasteiger partial charge in [0.15, 0.2) is 0 Å². The molecule has 4 heteroatoms. The lowest BCUT2D eigenvalue weighted by Gasteiger charge is -1.97. The van der Waals surface area contributed by atoms with Crippen molar-refractivity contribution in [2.75, 3.05) is 0 Å². The van der Waals surface area contributed by atoms with Crippen LogP contribution in [0, 0.1) is 0 Å². The molecule has 0 saturated carbocycles. The van der Waals surface area contributed by atoms with Crippen molar-refractivity contribution in [2.45, 2.75) is 13.0 Å². The summed E-state index contributed by atoms with van der Waals surface area (Å²) in [6.45, 7) is 1.88. The average Bonchev–Trinajstić information content (AvgIpc) is 2.47. The molecule has 2 N–H and O–H groups in total. The molecule has 0 aliphatic heterocycles. The molecule has 2 nitrogen and oxygen atoms in total. The fourth-order valence-corrected chi connectivity index (χ4v) is 2.24. The van der Waals surface area contributed by atoms with Crippen LogP contribution in [0.3, 0.4) is 0 Å². The summed E-state index contributed by atoms with van der Waals surface area (Å²) < 4.78 is 6.44. The molecular weight excluding hydrogens is 265 g/mol. The zero-order chi connectivity index (χ0) is 10.3. The maximum atomic E-state index is 5.91. The fraction of sp³-hybridized carbons (Fsp3) is 0.200. The van der Waals surface area contributed by atoms with E-state index in [1.165, 1.54) is 0 Å². The van der Waals surface area contributed by atoms with Gasteiger partial charge in [-0.15, -0.1) is 0 Å². The summed E-state index contributed by atoms with van der Waals surface area (Å²) in [5, 5.41) is 1.65. The predicted octanol–water partition coefficient (Wildman–Crippen LogP) is 3.87. The number of hydrogen-bond acceptors (Lipinski definition) is 2. The minimum Gasteiger partial charge on any atom is -0.458 e. The van der Waals surface area contributed by atoms with Gasteiger partial charge in [0.05, 0.1) is 10.5 Å². The molecule has 0 aliphatic rings. The number of halogens is 2. The first kappa shape index (κ1) is 10.0. The second-order valence-corrected chi connectivity index (χ2v) is 4.53. The molecule has 0 bridgehead atoms. The zero-order valence-corrected chi connectivity index (χ0v) is 9.89. The lowest BCUT2D eigenvalue weighted by Crippen LogP contribution is -2.02. The predicted molar refractivity (Wildman–Crippen MR) is 61.5 cm³/mol. The SMILES string of the molecule is CC(N)c1cc2cc(Cl)cc(Br)c2o1. The Kier molecular flexibility index (Phi) is 2.56. The summed E-state index contributed by atoms with van der Waals surface area (Å²) in [6, 6.07) is 5.47. The van der Waals surface area contributed by atoms with Gasteiger partial charge in [0.1, 0.15) is 11.3 Å². The van der Waals surface area contributed by atoms with Gasteiger partial charge in [-0.05, 0) is 41.1 Å². The molecule has 1 atom stereocenters. The number of furan rings is 1. The van der Waals surface area contributed by atoms with Crippen molar-refractivity contribution in [3.8, 4) is 0 Å². The molecule has 14 heavy (non-hydrogen) atoms. The molecule has 0 aliphatic carbocycles. The van der Waals surface area contributed by atoms with Gasteiger partial charge >= 0.3 is 0 Å². The van der Waals surface area contributed by atoms with Gasteiger partial charge in [-0.2, -0.15) is 0 Å². The number of hydrogen-bond donors (Lipinski definition) is 1. The molecule has 2 rings (SSSR count). The lowest BCUT2D eigenvalue weighted by atomic mass is 10.2. The molecule has 1 aromatic heterocycles. The van der Waals surface area contributed by atoms with E-state index in [2.05, 4.69) is 15.9 Å². The highest BCUT2D eigenvalue weighted by molar-refractivity contribution is 9.10. The Labute approximate surface area is 95.1 Å². The highest BCUT2D eigenvalue weighted by Gasteiger charge is 2.10. The van der Waals surface area contributed by atoms with Gasteiger partial charge in [-0.1, -0.05) is 11.6 Å². The van der Waals surface area contributed by atoms with Gasteiger partial charge in [0, 0.05) is 10.4 Å². The Hall–Kier alpha value is -0.510. The molecule has 0 saturated heterocycles. The van der Waals surface area contributed by atoms with Crippen molar-refractivity contribution in [2.24, 2.45) is 5.73 Å². The lowest BCUT2D eigenvalue weighted by molar-refractivity contribution is 0.512. The van der Waals surface area contributed by atoms with Crippen molar-refractivity contribution in [1.82, 2.24) is 0 Å². The van der Waals surface area contributed by atoms with Gasteiger partial charge in [0.2, 0.25) is 0 Å². The molecule has 2 aromatic rings. The Morgan fingerprint density at radius 1 is 1.43 bits per heavy atom. The standard InChI is InChI=1S/C10H9BrClNO/c1-5(13)9-3-6-2-7(12)4-8(11)10(6)14-9/h2-5H,13H2,1H3. The van der Waals surface area contributed by atoms with Crippen molar-refractivity contribution in [3.05, 3.63) is 33.5 Å². The van der Waals surface area contributed by atoms with Crippen LogP contribution in [0.15, 0.2) is 27.1 Å². The Balaban J connectivity index is 2.70. The molecule has 0 spiro atoms. The van der Waals surface area contributed by atoms with Crippen LogP contribution in [0.2, 0.25) is 5.02 Å². The van der Waals surface area contributed by atoms with Crippen LogP contribution in [0.25, 0.3) is 11.0 Å². The molecule has 1 unspecified atom stereocenters. The summed E-state index contributed by atoms with van der Waals surface area (Å²) in [7, 11) is 0. The third kappa shape index (κ3) is 1.67. The first-order valence-electron chi connectivity index (χ1n) is 4.22. The summed E-state index contributed by atoms with van der Waals surface area (Å²) in [4.78, 5) is 0. The van der Waals surface area contributed by atoms with E-state index in [0.29, 0.717) is 5.02 Å². The van der Waals surface area contributed by atoms with Gasteiger partial charge in [0.25, 0.3) is 0 Å². The second-order valence-electron chi connectivity index (χ2n) is 3.24. The molecule has 0 radical (unpaired) electrons. The topological polar surface area (TPSA) is 39.2 Å². The van der Waals surface area contributed by atoms with E-state index in [0.717, 1.165) is 21.2 Å². The second kappa shape index (κ2) is 3.57. The summed E-state index contributed by atoms with van der Waals surface area (Å²) in [5.41, 5.74) is 6.52. The summed E-state index contributed by atoms with van der Waals surface area (Å²) in [6.07, 6.45) is 0. The zero-order valence-electron chi connectivity index (χ0n) is 7.55. The molecular formula is C10H9BrClNO. The normalized spacial score (nSPS) is 13.4. The van der Waals surface area contributed by atoms with Crippen LogP contribution in [-0.4, -0.2) is 0 Å². The van der Waals surface area contributed by atoms with Crippen molar-refractivity contribution >= 4 is 38.5 Å². The van der Waals surface area contributed by atoms with E-state index in [1.807, 2.05) is 19.1 Å². The molecule has 74 valence electrons. The van der Waals surface area contributed by atoms with E-state index in [4.69, 9.17) is 21.8 Å². The Morgan fingerprint density at radius 3 is 2.79 bits per heavy atom.